The molecule has 3 rings (SSSR count). The number of anilines is 1. The van der Waals surface area contributed by atoms with E-state index in [2.05, 4.69) is 33.4 Å². The second-order valence-corrected chi connectivity index (χ2v) is 7.39. The summed E-state index contributed by atoms with van der Waals surface area (Å²) < 4.78 is 1.09. The van der Waals surface area contributed by atoms with Gasteiger partial charge >= 0.3 is 0 Å². The van der Waals surface area contributed by atoms with Crippen molar-refractivity contribution in [1.82, 2.24) is 0 Å². The molecule has 0 aromatic heterocycles. The minimum absolute atomic E-state index is 0.502. The Hall–Kier alpha value is -0.480. The summed E-state index contributed by atoms with van der Waals surface area (Å²) >= 11 is 5.46. The van der Waals surface area contributed by atoms with Crippen molar-refractivity contribution in [2.75, 3.05) is 17.6 Å². The molecular formula is C15H19BrN2S. The van der Waals surface area contributed by atoms with Gasteiger partial charge in [-0.15, -0.1) is 0 Å². The van der Waals surface area contributed by atoms with Crippen LogP contribution in [0.3, 0.4) is 0 Å². The van der Waals surface area contributed by atoms with Crippen LogP contribution in [-0.2, 0) is 0 Å². The molecule has 1 saturated carbocycles. The van der Waals surface area contributed by atoms with E-state index >= 15 is 0 Å². The fourth-order valence-electron chi connectivity index (χ4n) is 2.91. The minimum atomic E-state index is 0.502. The van der Waals surface area contributed by atoms with Crippen LogP contribution in [-0.4, -0.2) is 17.5 Å². The highest BCUT2D eigenvalue weighted by molar-refractivity contribution is 9.10. The van der Waals surface area contributed by atoms with Crippen molar-refractivity contribution >= 4 is 38.5 Å². The number of thioether (sulfide) groups is 1. The number of benzene rings is 1. The van der Waals surface area contributed by atoms with Crippen LogP contribution >= 0.6 is 27.7 Å². The summed E-state index contributed by atoms with van der Waals surface area (Å²) in [4.78, 5) is 4.79. The Balaban J connectivity index is 1.66. The Labute approximate surface area is 127 Å². The third-order valence-electron chi connectivity index (χ3n) is 4.10. The average molecular weight is 339 g/mol. The van der Waals surface area contributed by atoms with E-state index in [4.69, 9.17) is 4.99 Å². The quantitative estimate of drug-likeness (QED) is 0.786. The summed E-state index contributed by atoms with van der Waals surface area (Å²) in [6, 6.07) is 8.21. The van der Waals surface area contributed by atoms with E-state index in [9.17, 15) is 0 Å². The first-order chi connectivity index (χ1) is 9.27. The number of halogens is 1. The predicted octanol–water partition coefficient (Wildman–Crippen LogP) is 4.91. The molecule has 0 radical (unpaired) electrons. The molecule has 4 heteroatoms. The largest absolute Gasteiger partial charge is 0.334 e. The zero-order chi connectivity index (χ0) is 13.1. The van der Waals surface area contributed by atoms with Gasteiger partial charge in [-0.1, -0.05) is 43.2 Å². The molecule has 2 aliphatic rings. The molecule has 1 heterocycles. The van der Waals surface area contributed by atoms with Crippen molar-refractivity contribution < 1.29 is 0 Å². The first-order valence-corrected chi connectivity index (χ1v) is 8.74. The molecule has 19 heavy (non-hydrogen) atoms. The Morgan fingerprint density at radius 2 is 1.95 bits per heavy atom. The van der Waals surface area contributed by atoms with Crippen molar-refractivity contribution in [3.8, 4) is 0 Å². The lowest BCUT2D eigenvalue weighted by molar-refractivity contribution is 0.232. The fraction of sp³-hybridized carbons (Fsp3) is 0.533. The molecule has 0 atom stereocenters. The zero-order valence-electron chi connectivity index (χ0n) is 11.0. The monoisotopic (exact) mass is 338 g/mol. The Kier molecular flexibility index (Phi) is 4.18. The molecule has 0 bridgehead atoms. The van der Waals surface area contributed by atoms with Gasteiger partial charge in [0, 0.05) is 16.8 Å². The zero-order valence-corrected chi connectivity index (χ0v) is 13.4. The van der Waals surface area contributed by atoms with Crippen molar-refractivity contribution in [3.63, 3.8) is 0 Å². The molecule has 1 fully saturated rings. The second-order valence-electron chi connectivity index (χ2n) is 5.58. The summed E-state index contributed by atoms with van der Waals surface area (Å²) in [5.41, 5.74) is 1.61. The van der Waals surface area contributed by atoms with Gasteiger partial charge in [0.1, 0.15) is 0 Å². The summed E-state index contributed by atoms with van der Waals surface area (Å²) in [5.74, 6) is 1.23. The maximum Gasteiger partial charge on any atom is 0.161 e. The van der Waals surface area contributed by atoms with Crippen molar-refractivity contribution in [3.05, 3.63) is 28.7 Å². The van der Waals surface area contributed by atoms with Crippen LogP contribution in [0.15, 0.2) is 33.7 Å². The SMILES string of the molecule is Brc1ccccc1NC1=NCC2(CCCCC2)CS1. The summed E-state index contributed by atoms with van der Waals surface area (Å²) in [6.07, 6.45) is 6.93. The van der Waals surface area contributed by atoms with Gasteiger partial charge in [0.15, 0.2) is 5.17 Å². The van der Waals surface area contributed by atoms with E-state index in [1.54, 1.807) is 0 Å². The third kappa shape index (κ3) is 3.16. The Morgan fingerprint density at radius 3 is 2.63 bits per heavy atom. The molecular weight excluding hydrogens is 320 g/mol. The molecule has 1 spiro atoms. The first-order valence-electron chi connectivity index (χ1n) is 6.96. The highest BCUT2D eigenvalue weighted by Crippen LogP contribution is 2.42. The Morgan fingerprint density at radius 1 is 1.16 bits per heavy atom. The van der Waals surface area contributed by atoms with Crippen molar-refractivity contribution in [1.29, 1.82) is 0 Å². The number of amidine groups is 1. The smallest absolute Gasteiger partial charge is 0.161 e. The number of aliphatic imine (C=N–C) groups is 1. The summed E-state index contributed by atoms with van der Waals surface area (Å²) in [5, 5.41) is 4.51. The number of nitrogens with one attached hydrogen (secondary N) is 1. The number of nitrogens with zero attached hydrogens (tertiary/aromatic N) is 1. The fourth-order valence-corrected chi connectivity index (χ4v) is 4.45. The van der Waals surface area contributed by atoms with E-state index in [-0.39, 0.29) is 0 Å². The van der Waals surface area contributed by atoms with E-state index in [1.165, 1.54) is 37.9 Å². The lowest BCUT2D eigenvalue weighted by atomic mass is 9.75. The molecule has 2 nitrogen and oxygen atoms in total. The van der Waals surface area contributed by atoms with E-state index in [1.807, 2.05) is 23.9 Å². The molecule has 1 N–H and O–H groups in total. The maximum atomic E-state index is 4.79. The standard InChI is InChI=1S/C15H19BrN2S/c16-12-6-2-3-7-13(12)18-14-17-10-15(11-19-14)8-4-1-5-9-15/h2-3,6-7H,1,4-5,8-11H2,(H,17,18). The molecule has 0 unspecified atom stereocenters. The molecule has 102 valence electrons. The summed E-state index contributed by atoms with van der Waals surface area (Å²) in [6.45, 7) is 1.01. The molecule has 0 amide bonds. The maximum absolute atomic E-state index is 4.79. The van der Waals surface area contributed by atoms with Gasteiger partial charge in [0.2, 0.25) is 0 Å². The van der Waals surface area contributed by atoms with Gasteiger partial charge in [0.05, 0.1) is 5.69 Å². The van der Waals surface area contributed by atoms with Gasteiger partial charge in [0.25, 0.3) is 0 Å². The van der Waals surface area contributed by atoms with Crippen LogP contribution < -0.4 is 5.32 Å². The van der Waals surface area contributed by atoms with Crippen molar-refractivity contribution in [2.24, 2.45) is 10.4 Å². The highest BCUT2D eigenvalue weighted by atomic mass is 79.9. The average Bonchev–Trinajstić information content (AvgIpc) is 2.45. The van der Waals surface area contributed by atoms with Crippen LogP contribution in [0.1, 0.15) is 32.1 Å². The molecule has 1 aromatic rings. The van der Waals surface area contributed by atoms with E-state index < -0.39 is 0 Å². The first kappa shape index (κ1) is 13.5. The van der Waals surface area contributed by atoms with Gasteiger partial charge in [-0.2, -0.15) is 0 Å². The molecule has 1 aliphatic heterocycles. The topological polar surface area (TPSA) is 24.4 Å². The van der Waals surface area contributed by atoms with Gasteiger partial charge in [-0.25, -0.2) is 0 Å². The number of para-hydroxylation sites is 1. The lowest BCUT2D eigenvalue weighted by Gasteiger charge is -2.38. The molecule has 1 aliphatic carbocycles. The van der Waals surface area contributed by atoms with Crippen LogP contribution in [0.2, 0.25) is 0 Å². The number of hydrogen-bond acceptors (Lipinski definition) is 3. The van der Waals surface area contributed by atoms with Gasteiger partial charge < -0.3 is 5.32 Å². The van der Waals surface area contributed by atoms with Crippen LogP contribution in [0, 0.1) is 5.41 Å². The van der Waals surface area contributed by atoms with Gasteiger partial charge in [-0.3, -0.25) is 4.99 Å². The van der Waals surface area contributed by atoms with E-state index in [0.29, 0.717) is 5.41 Å². The molecule has 0 saturated heterocycles. The minimum Gasteiger partial charge on any atom is -0.334 e. The van der Waals surface area contributed by atoms with Crippen LogP contribution in [0.4, 0.5) is 5.69 Å². The highest BCUT2D eigenvalue weighted by Gasteiger charge is 2.34. The number of hydrogen-bond donors (Lipinski definition) is 1. The third-order valence-corrected chi connectivity index (χ3v) is 6.06. The van der Waals surface area contributed by atoms with Crippen LogP contribution in [0.5, 0.6) is 0 Å². The predicted molar refractivity (Wildman–Crippen MR) is 88.0 cm³/mol. The Bertz CT molecular complexity index is 481. The number of rotatable bonds is 1. The summed E-state index contributed by atoms with van der Waals surface area (Å²) in [7, 11) is 0. The second kappa shape index (κ2) is 5.88. The van der Waals surface area contributed by atoms with Crippen molar-refractivity contribution in [2.45, 2.75) is 32.1 Å². The van der Waals surface area contributed by atoms with E-state index in [0.717, 1.165) is 21.9 Å². The van der Waals surface area contributed by atoms with Gasteiger partial charge in [-0.05, 0) is 46.3 Å². The van der Waals surface area contributed by atoms with Crippen LogP contribution in [0.25, 0.3) is 0 Å². The molecule has 1 aromatic carbocycles. The lowest BCUT2D eigenvalue weighted by Crippen LogP contribution is -2.35. The normalized spacial score (nSPS) is 22.1.